The van der Waals surface area contributed by atoms with Gasteiger partial charge in [-0.05, 0) is 19.1 Å². The molecule has 0 atom stereocenters. The fourth-order valence-corrected chi connectivity index (χ4v) is 2.57. The van der Waals surface area contributed by atoms with Crippen LogP contribution in [0.4, 0.5) is 0 Å². The first-order valence-electron chi connectivity index (χ1n) is 7.15. The van der Waals surface area contributed by atoms with Crippen molar-refractivity contribution in [1.82, 2.24) is 25.0 Å². The fraction of sp³-hybridized carbons (Fsp3) is 0.333. The summed E-state index contributed by atoms with van der Waals surface area (Å²) in [5.41, 5.74) is 0.625. The average molecular weight is 297 g/mol. The van der Waals surface area contributed by atoms with Crippen LogP contribution in [0.5, 0.6) is 0 Å². The molecule has 4 heterocycles. The minimum Gasteiger partial charge on any atom is -0.465 e. The Morgan fingerprint density at radius 1 is 1.27 bits per heavy atom. The van der Waals surface area contributed by atoms with Crippen LogP contribution in [-0.2, 0) is 6.54 Å². The Bertz CT molecular complexity index is 761. The number of furan rings is 1. The number of hydrogen-bond donors (Lipinski definition) is 0. The van der Waals surface area contributed by atoms with Crippen molar-refractivity contribution in [3.63, 3.8) is 0 Å². The molecular formula is C15H15N5O2. The van der Waals surface area contributed by atoms with Gasteiger partial charge in [-0.1, -0.05) is 5.16 Å². The predicted molar refractivity (Wildman–Crippen MR) is 76.8 cm³/mol. The summed E-state index contributed by atoms with van der Waals surface area (Å²) in [6, 6.07) is 4.00. The van der Waals surface area contributed by atoms with Crippen molar-refractivity contribution >= 4 is 0 Å². The zero-order chi connectivity index (χ0) is 14.9. The van der Waals surface area contributed by atoms with Gasteiger partial charge >= 0.3 is 0 Å². The maximum Gasteiger partial charge on any atom is 0.232 e. The number of aromatic nitrogens is 4. The maximum atomic E-state index is 5.58. The lowest BCUT2D eigenvalue weighted by Crippen LogP contribution is -2.44. The molecule has 7 nitrogen and oxygen atoms in total. The third-order valence-corrected chi connectivity index (χ3v) is 3.72. The predicted octanol–water partition coefficient (Wildman–Crippen LogP) is 2.03. The van der Waals surface area contributed by atoms with E-state index in [1.165, 1.54) is 0 Å². The van der Waals surface area contributed by atoms with E-state index >= 15 is 0 Å². The Hall–Kier alpha value is -2.54. The Kier molecular flexibility index (Phi) is 3.19. The topological polar surface area (TPSA) is 81.1 Å². The molecule has 0 amide bonds. The molecule has 1 fully saturated rings. The second-order valence-electron chi connectivity index (χ2n) is 5.45. The van der Waals surface area contributed by atoms with Gasteiger partial charge in [-0.15, -0.1) is 0 Å². The van der Waals surface area contributed by atoms with Crippen molar-refractivity contribution < 1.29 is 8.94 Å². The molecule has 22 heavy (non-hydrogen) atoms. The molecule has 0 radical (unpaired) electrons. The quantitative estimate of drug-likeness (QED) is 0.728. The van der Waals surface area contributed by atoms with Gasteiger partial charge in [-0.3, -0.25) is 9.88 Å². The van der Waals surface area contributed by atoms with Crippen molar-refractivity contribution in [2.45, 2.75) is 19.4 Å². The van der Waals surface area contributed by atoms with E-state index in [4.69, 9.17) is 8.94 Å². The average Bonchev–Trinajstić information content (AvgIpc) is 3.12. The van der Waals surface area contributed by atoms with Crippen LogP contribution in [0.1, 0.15) is 23.3 Å². The highest BCUT2D eigenvalue weighted by Crippen LogP contribution is 2.28. The molecule has 3 aromatic rings. The second kappa shape index (κ2) is 5.34. The molecule has 3 aromatic heterocycles. The van der Waals surface area contributed by atoms with Gasteiger partial charge in [0.1, 0.15) is 17.2 Å². The molecule has 0 aliphatic carbocycles. The van der Waals surface area contributed by atoms with E-state index < -0.39 is 0 Å². The minimum atomic E-state index is 0.272. The van der Waals surface area contributed by atoms with Gasteiger partial charge in [0.15, 0.2) is 0 Å². The van der Waals surface area contributed by atoms with Gasteiger partial charge in [0.2, 0.25) is 11.7 Å². The lowest BCUT2D eigenvalue weighted by atomic mass is 10.00. The first kappa shape index (κ1) is 13.1. The molecule has 0 saturated carbocycles. The van der Waals surface area contributed by atoms with E-state index in [2.05, 4.69) is 25.0 Å². The van der Waals surface area contributed by atoms with E-state index in [1.807, 2.05) is 19.1 Å². The molecule has 112 valence electrons. The first-order chi connectivity index (χ1) is 10.8. The summed E-state index contributed by atoms with van der Waals surface area (Å²) in [5.74, 6) is 3.35. The minimum absolute atomic E-state index is 0.272. The molecule has 4 rings (SSSR count). The SMILES string of the molecule is Cc1ccc(CN2CC(c3nc(-c4cnccn4)no3)C2)o1. The van der Waals surface area contributed by atoms with Crippen molar-refractivity contribution in [1.29, 1.82) is 0 Å². The first-order valence-corrected chi connectivity index (χ1v) is 7.15. The number of hydrogen-bond acceptors (Lipinski definition) is 7. The molecule has 0 bridgehead atoms. The Morgan fingerprint density at radius 3 is 2.91 bits per heavy atom. The summed E-state index contributed by atoms with van der Waals surface area (Å²) >= 11 is 0. The van der Waals surface area contributed by atoms with Crippen LogP contribution in [0.15, 0.2) is 39.7 Å². The lowest BCUT2D eigenvalue weighted by Gasteiger charge is -2.36. The highest BCUT2D eigenvalue weighted by molar-refractivity contribution is 5.45. The lowest BCUT2D eigenvalue weighted by molar-refractivity contribution is 0.108. The van der Waals surface area contributed by atoms with E-state index in [1.54, 1.807) is 18.6 Å². The van der Waals surface area contributed by atoms with Crippen LogP contribution in [0.3, 0.4) is 0 Å². The van der Waals surface area contributed by atoms with Gasteiger partial charge in [0, 0.05) is 25.5 Å². The summed E-state index contributed by atoms with van der Waals surface area (Å²) < 4.78 is 10.9. The molecule has 1 aliphatic heterocycles. The Morgan fingerprint density at radius 2 is 2.18 bits per heavy atom. The Labute approximate surface area is 127 Å². The third kappa shape index (κ3) is 2.50. The zero-order valence-corrected chi connectivity index (χ0v) is 12.1. The highest BCUT2D eigenvalue weighted by atomic mass is 16.5. The molecule has 0 N–H and O–H groups in total. The Balaban J connectivity index is 1.38. The van der Waals surface area contributed by atoms with Gasteiger partial charge in [0.25, 0.3) is 0 Å². The molecule has 0 aromatic carbocycles. The molecule has 1 saturated heterocycles. The van der Waals surface area contributed by atoms with Gasteiger partial charge in [-0.25, -0.2) is 4.98 Å². The van der Waals surface area contributed by atoms with Crippen molar-refractivity contribution in [3.8, 4) is 11.5 Å². The van der Waals surface area contributed by atoms with Crippen LogP contribution in [-0.4, -0.2) is 38.1 Å². The smallest absolute Gasteiger partial charge is 0.232 e. The highest BCUT2D eigenvalue weighted by Gasteiger charge is 2.33. The fourth-order valence-electron chi connectivity index (χ4n) is 2.57. The van der Waals surface area contributed by atoms with E-state index in [-0.39, 0.29) is 5.92 Å². The third-order valence-electron chi connectivity index (χ3n) is 3.72. The number of nitrogens with zero attached hydrogens (tertiary/aromatic N) is 5. The molecule has 1 aliphatic rings. The summed E-state index contributed by atoms with van der Waals surface area (Å²) in [7, 11) is 0. The van der Waals surface area contributed by atoms with Crippen molar-refractivity contribution in [2.75, 3.05) is 13.1 Å². The number of aryl methyl sites for hydroxylation is 1. The van der Waals surface area contributed by atoms with Gasteiger partial charge < -0.3 is 8.94 Å². The normalized spacial score (nSPS) is 15.9. The van der Waals surface area contributed by atoms with Crippen LogP contribution in [0.2, 0.25) is 0 Å². The standard InChI is InChI=1S/C15H15N5O2/c1-10-2-3-12(21-10)9-20-7-11(8-20)15-18-14(19-22-15)13-6-16-4-5-17-13/h2-6,11H,7-9H2,1H3. The van der Waals surface area contributed by atoms with E-state index in [0.29, 0.717) is 17.4 Å². The molecule has 0 unspecified atom stereocenters. The number of rotatable bonds is 4. The summed E-state index contributed by atoms with van der Waals surface area (Å²) in [6.45, 7) is 4.55. The van der Waals surface area contributed by atoms with Crippen LogP contribution < -0.4 is 0 Å². The van der Waals surface area contributed by atoms with Crippen LogP contribution >= 0.6 is 0 Å². The monoisotopic (exact) mass is 297 g/mol. The largest absolute Gasteiger partial charge is 0.465 e. The number of likely N-dealkylation sites (tertiary alicyclic amines) is 1. The molecule has 7 heteroatoms. The zero-order valence-electron chi connectivity index (χ0n) is 12.1. The summed E-state index contributed by atoms with van der Waals surface area (Å²) in [6.07, 6.45) is 4.85. The second-order valence-corrected chi connectivity index (χ2v) is 5.45. The van der Waals surface area contributed by atoms with E-state index in [0.717, 1.165) is 31.2 Å². The molecule has 0 spiro atoms. The summed E-state index contributed by atoms with van der Waals surface area (Å²) in [5, 5.41) is 3.98. The van der Waals surface area contributed by atoms with E-state index in [9.17, 15) is 0 Å². The molecular weight excluding hydrogens is 282 g/mol. The van der Waals surface area contributed by atoms with Gasteiger partial charge in [-0.2, -0.15) is 4.98 Å². The van der Waals surface area contributed by atoms with Gasteiger partial charge in [0.05, 0.1) is 18.7 Å². The van der Waals surface area contributed by atoms with Crippen molar-refractivity contribution in [2.24, 2.45) is 0 Å². The van der Waals surface area contributed by atoms with Crippen LogP contribution in [0.25, 0.3) is 11.5 Å². The van der Waals surface area contributed by atoms with Crippen LogP contribution in [0, 0.1) is 6.92 Å². The van der Waals surface area contributed by atoms with Crippen molar-refractivity contribution in [3.05, 3.63) is 48.1 Å². The summed E-state index contributed by atoms with van der Waals surface area (Å²) in [4.78, 5) is 14.9. The maximum absolute atomic E-state index is 5.58.